The molecule has 0 aliphatic carbocycles. The van der Waals surface area contributed by atoms with Crippen LogP contribution in [-0.2, 0) is 10.0 Å². The van der Waals surface area contributed by atoms with Crippen LogP contribution < -0.4 is 5.73 Å². The van der Waals surface area contributed by atoms with Crippen molar-refractivity contribution in [3.05, 3.63) is 18.4 Å². The molecule has 17 heavy (non-hydrogen) atoms. The average Bonchev–Trinajstić information content (AvgIpc) is 2.83. The Morgan fingerprint density at radius 1 is 1.41 bits per heavy atom. The van der Waals surface area contributed by atoms with Gasteiger partial charge in [-0.25, -0.2) is 8.42 Å². The highest BCUT2D eigenvalue weighted by molar-refractivity contribution is 7.89. The van der Waals surface area contributed by atoms with Crippen molar-refractivity contribution in [2.24, 2.45) is 11.7 Å². The van der Waals surface area contributed by atoms with E-state index in [0.717, 1.165) is 12.8 Å². The lowest BCUT2D eigenvalue weighted by Gasteiger charge is -2.29. The minimum absolute atomic E-state index is 0. The molecule has 1 aliphatic heterocycles. The SMILES string of the molecule is Cl.NCC1CCN(S(=O)(=O)c2ccco2)CC1. The van der Waals surface area contributed by atoms with Gasteiger partial charge in [-0.3, -0.25) is 0 Å². The lowest BCUT2D eigenvalue weighted by atomic mass is 9.99. The Kier molecular flexibility index (Phi) is 5.00. The monoisotopic (exact) mass is 280 g/mol. The number of hydrogen-bond acceptors (Lipinski definition) is 4. The van der Waals surface area contributed by atoms with Gasteiger partial charge in [0, 0.05) is 13.1 Å². The second-order valence-electron chi connectivity index (χ2n) is 4.02. The van der Waals surface area contributed by atoms with Gasteiger partial charge in [-0.15, -0.1) is 12.4 Å². The van der Waals surface area contributed by atoms with Gasteiger partial charge in [0.2, 0.25) is 5.09 Å². The molecule has 0 amide bonds. The molecule has 98 valence electrons. The molecule has 0 aromatic carbocycles. The smallest absolute Gasteiger partial charge is 0.276 e. The predicted molar refractivity (Wildman–Crippen MR) is 66.5 cm³/mol. The number of nitrogens with two attached hydrogens (primary N) is 1. The van der Waals surface area contributed by atoms with Crippen LogP contribution in [0.5, 0.6) is 0 Å². The van der Waals surface area contributed by atoms with Crippen molar-refractivity contribution < 1.29 is 12.8 Å². The molecule has 1 aliphatic rings. The summed E-state index contributed by atoms with van der Waals surface area (Å²) in [5, 5.41) is 0.0266. The van der Waals surface area contributed by atoms with Crippen LogP contribution in [-0.4, -0.2) is 32.4 Å². The van der Waals surface area contributed by atoms with Crippen LogP contribution in [0.3, 0.4) is 0 Å². The van der Waals surface area contributed by atoms with Gasteiger partial charge in [0.05, 0.1) is 6.26 Å². The summed E-state index contributed by atoms with van der Waals surface area (Å²) in [4.78, 5) is 0. The van der Waals surface area contributed by atoms with Gasteiger partial charge in [0.25, 0.3) is 10.0 Å². The van der Waals surface area contributed by atoms with Crippen molar-refractivity contribution in [3.8, 4) is 0 Å². The highest BCUT2D eigenvalue weighted by atomic mass is 35.5. The summed E-state index contributed by atoms with van der Waals surface area (Å²) in [5.74, 6) is 0.447. The van der Waals surface area contributed by atoms with Crippen molar-refractivity contribution in [2.75, 3.05) is 19.6 Å². The van der Waals surface area contributed by atoms with Gasteiger partial charge >= 0.3 is 0 Å². The summed E-state index contributed by atoms with van der Waals surface area (Å²) in [6, 6.07) is 3.06. The van der Waals surface area contributed by atoms with Gasteiger partial charge in [-0.2, -0.15) is 4.31 Å². The molecule has 2 heterocycles. The number of halogens is 1. The van der Waals surface area contributed by atoms with Crippen LogP contribution in [0.25, 0.3) is 0 Å². The van der Waals surface area contributed by atoms with Crippen molar-refractivity contribution in [2.45, 2.75) is 17.9 Å². The summed E-state index contributed by atoms with van der Waals surface area (Å²) in [7, 11) is -3.42. The summed E-state index contributed by atoms with van der Waals surface area (Å²) in [6.45, 7) is 1.70. The molecular weight excluding hydrogens is 264 g/mol. The van der Waals surface area contributed by atoms with Crippen molar-refractivity contribution in [3.63, 3.8) is 0 Å². The lowest BCUT2D eigenvalue weighted by molar-refractivity contribution is 0.272. The summed E-state index contributed by atoms with van der Waals surface area (Å²) in [6.07, 6.45) is 3.03. The molecule has 1 fully saturated rings. The van der Waals surface area contributed by atoms with Gasteiger partial charge in [-0.05, 0) is 37.4 Å². The first-order valence-corrected chi connectivity index (χ1v) is 6.82. The second-order valence-corrected chi connectivity index (χ2v) is 5.88. The fraction of sp³-hybridized carbons (Fsp3) is 0.600. The molecule has 2 rings (SSSR count). The number of hydrogen-bond donors (Lipinski definition) is 1. The van der Waals surface area contributed by atoms with E-state index >= 15 is 0 Å². The Labute approximate surface area is 107 Å². The Bertz CT molecular complexity index is 424. The first kappa shape index (κ1) is 14.5. The summed E-state index contributed by atoms with van der Waals surface area (Å²) in [5.41, 5.74) is 5.57. The van der Waals surface area contributed by atoms with E-state index in [1.54, 1.807) is 6.07 Å². The van der Waals surface area contributed by atoms with E-state index in [1.807, 2.05) is 0 Å². The summed E-state index contributed by atoms with van der Waals surface area (Å²) < 4.78 is 30.5. The molecule has 1 aromatic heterocycles. The largest absolute Gasteiger partial charge is 0.452 e. The molecule has 5 nitrogen and oxygen atoms in total. The fourth-order valence-corrected chi connectivity index (χ4v) is 3.30. The van der Waals surface area contributed by atoms with Gasteiger partial charge in [0.1, 0.15) is 0 Å². The molecule has 2 N–H and O–H groups in total. The zero-order valence-electron chi connectivity index (χ0n) is 9.41. The Morgan fingerprint density at radius 2 is 2.06 bits per heavy atom. The van der Waals surface area contributed by atoms with Crippen LogP contribution >= 0.6 is 12.4 Å². The van der Waals surface area contributed by atoms with Crippen LogP contribution in [0.2, 0.25) is 0 Å². The molecule has 0 radical (unpaired) electrons. The standard InChI is InChI=1S/C10H16N2O3S.ClH/c11-8-9-3-5-12(6-4-9)16(13,14)10-2-1-7-15-10;/h1-2,7,9H,3-6,8,11H2;1H. The average molecular weight is 281 g/mol. The quantitative estimate of drug-likeness (QED) is 0.898. The molecule has 0 atom stereocenters. The zero-order valence-corrected chi connectivity index (χ0v) is 11.0. The maximum Gasteiger partial charge on any atom is 0.276 e. The first-order chi connectivity index (χ1) is 7.64. The summed E-state index contributed by atoms with van der Waals surface area (Å²) >= 11 is 0. The van der Waals surface area contributed by atoms with Crippen LogP contribution in [0.4, 0.5) is 0 Å². The number of sulfonamides is 1. The molecule has 0 saturated carbocycles. The Morgan fingerprint density at radius 3 is 2.53 bits per heavy atom. The normalized spacial score (nSPS) is 18.9. The second kappa shape index (κ2) is 5.86. The minimum atomic E-state index is -3.42. The van der Waals surface area contributed by atoms with Crippen LogP contribution in [0.15, 0.2) is 27.9 Å². The van der Waals surface area contributed by atoms with E-state index in [9.17, 15) is 8.42 Å². The fourth-order valence-electron chi connectivity index (χ4n) is 1.92. The first-order valence-electron chi connectivity index (χ1n) is 5.38. The lowest BCUT2D eigenvalue weighted by Crippen LogP contribution is -2.39. The maximum atomic E-state index is 12.0. The van der Waals surface area contributed by atoms with Gasteiger partial charge < -0.3 is 10.2 Å². The third-order valence-electron chi connectivity index (χ3n) is 3.00. The van der Waals surface area contributed by atoms with Crippen molar-refractivity contribution in [1.82, 2.24) is 4.31 Å². The van der Waals surface area contributed by atoms with Crippen molar-refractivity contribution >= 4 is 22.4 Å². The number of furan rings is 1. The van der Waals surface area contributed by atoms with E-state index in [4.69, 9.17) is 10.2 Å². The molecule has 0 unspecified atom stereocenters. The molecule has 0 bridgehead atoms. The van der Waals surface area contributed by atoms with E-state index in [2.05, 4.69) is 0 Å². The molecule has 7 heteroatoms. The minimum Gasteiger partial charge on any atom is -0.452 e. The zero-order chi connectivity index (χ0) is 11.6. The number of rotatable bonds is 3. The topological polar surface area (TPSA) is 76.5 Å². The molecule has 1 aromatic rings. The van der Waals surface area contributed by atoms with Gasteiger partial charge in [0.15, 0.2) is 0 Å². The van der Waals surface area contributed by atoms with Crippen LogP contribution in [0, 0.1) is 5.92 Å². The Balaban J connectivity index is 0.00000144. The number of nitrogens with zero attached hydrogens (tertiary/aromatic N) is 1. The maximum absolute atomic E-state index is 12.0. The van der Waals surface area contributed by atoms with Crippen molar-refractivity contribution in [1.29, 1.82) is 0 Å². The third-order valence-corrected chi connectivity index (χ3v) is 4.78. The number of piperidine rings is 1. The third kappa shape index (κ3) is 3.01. The molecule has 0 spiro atoms. The molecular formula is C10H17ClN2O3S. The van der Waals surface area contributed by atoms with Crippen LogP contribution in [0.1, 0.15) is 12.8 Å². The Hall–Kier alpha value is -0.560. The molecule has 1 saturated heterocycles. The highest BCUT2D eigenvalue weighted by Crippen LogP contribution is 2.23. The van der Waals surface area contributed by atoms with Gasteiger partial charge in [-0.1, -0.05) is 0 Å². The van der Waals surface area contributed by atoms with E-state index in [0.29, 0.717) is 25.6 Å². The van der Waals surface area contributed by atoms with E-state index in [-0.39, 0.29) is 17.5 Å². The highest BCUT2D eigenvalue weighted by Gasteiger charge is 2.30. The predicted octanol–water partition coefficient (Wildman–Crippen LogP) is 1.06. The van der Waals surface area contributed by atoms with E-state index in [1.165, 1.54) is 16.6 Å². The van der Waals surface area contributed by atoms with E-state index < -0.39 is 10.0 Å².